The first-order chi connectivity index (χ1) is 8.49. The molecule has 0 spiro atoms. The average molecular weight is 254 g/mol. The summed E-state index contributed by atoms with van der Waals surface area (Å²) >= 11 is 0. The molecule has 1 heterocycles. The highest BCUT2D eigenvalue weighted by Gasteiger charge is 2.08. The lowest BCUT2D eigenvalue weighted by Crippen LogP contribution is -2.32. The molecule has 1 amide bonds. The number of carbonyl (C=O) groups is 2. The lowest BCUT2D eigenvalue weighted by atomic mass is 10.3. The van der Waals surface area contributed by atoms with Gasteiger partial charge in [0.2, 0.25) is 5.91 Å². The van der Waals surface area contributed by atoms with Crippen molar-refractivity contribution in [1.29, 1.82) is 0 Å². The number of hydrogen-bond donors (Lipinski definition) is 3. The number of carboxylic acid groups (broad SMARTS) is 1. The van der Waals surface area contributed by atoms with Crippen LogP contribution in [0.2, 0.25) is 0 Å². The number of carboxylic acids is 1. The number of furan rings is 1. The van der Waals surface area contributed by atoms with E-state index in [1.165, 1.54) is 12.3 Å². The second-order valence-electron chi connectivity index (χ2n) is 4.26. The van der Waals surface area contributed by atoms with Crippen molar-refractivity contribution < 1.29 is 19.1 Å². The summed E-state index contributed by atoms with van der Waals surface area (Å²) in [5.41, 5.74) is 0.129. The first kappa shape index (κ1) is 14.2. The van der Waals surface area contributed by atoms with Crippen molar-refractivity contribution in [2.75, 3.05) is 6.54 Å². The number of nitrogens with one attached hydrogen (secondary N) is 2. The first-order valence-corrected chi connectivity index (χ1v) is 5.80. The quantitative estimate of drug-likeness (QED) is 0.631. The van der Waals surface area contributed by atoms with Crippen LogP contribution in [0.4, 0.5) is 0 Å². The highest BCUT2D eigenvalue weighted by atomic mass is 16.4. The van der Waals surface area contributed by atoms with E-state index < -0.39 is 5.97 Å². The highest BCUT2D eigenvalue weighted by molar-refractivity contribution is 5.87. The molecule has 0 radical (unpaired) electrons. The van der Waals surface area contributed by atoms with Crippen LogP contribution in [0.5, 0.6) is 0 Å². The SMILES string of the molecule is CC(C)NC(=O)CCNCc1cc(C(=O)O)co1. The van der Waals surface area contributed by atoms with Crippen molar-refractivity contribution in [1.82, 2.24) is 10.6 Å². The molecule has 0 aliphatic heterocycles. The van der Waals surface area contributed by atoms with Gasteiger partial charge in [0.25, 0.3) is 0 Å². The molecule has 1 aromatic rings. The molecular formula is C12H18N2O4. The Morgan fingerprint density at radius 3 is 2.72 bits per heavy atom. The van der Waals surface area contributed by atoms with Crippen molar-refractivity contribution in [3.8, 4) is 0 Å². The molecule has 6 nitrogen and oxygen atoms in total. The maximum atomic E-state index is 11.3. The van der Waals surface area contributed by atoms with E-state index in [-0.39, 0.29) is 17.5 Å². The monoisotopic (exact) mass is 254 g/mol. The van der Waals surface area contributed by atoms with Gasteiger partial charge in [-0.15, -0.1) is 0 Å². The summed E-state index contributed by atoms with van der Waals surface area (Å²) in [6, 6.07) is 1.60. The van der Waals surface area contributed by atoms with Gasteiger partial charge in [-0.2, -0.15) is 0 Å². The van der Waals surface area contributed by atoms with Crippen LogP contribution in [0, 0.1) is 0 Å². The van der Waals surface area contributed by atoms with E-state index in [2.05, 4.69) is 10.6 Å². The summed E-state index contributed by atoms with van der Waals surface area (Å²) < 4.78 is 5.05. The molecule has 0 atom stereocenters. The van der Waals surface area contributed by atoms with Gasteiger partial charge < -0.3 is 20.2 Å². The fraction of sp³-hybridized carbons (Fsp3) is 0.500. The van der Waals surface area contributed by atoms with E-state index in [0.717, 1.165) is 0 Å². The molecule has 0 aliphatic rings. The van der Waals surface area contributed by atoms with Crippen LogP contribution in [0.1, 0.15) is 36.4 Å². The zero-order chi connectivity index (χ0) is 13.5. The second kappa shape index (κ2) is 6.80. The van der Waals surface area contributed by atoms with E-state index in [1.54, 1.807) is 0 Å². The smallest absolute Gasteiger partial charge is 0.338 e. The standard InChI is InChI=1S/C12H18N2O4/c1-8(2)14-11(15)3-4-13-6-10-5-9(7-18-10)12(16)17/h5,7-8,13H,3-4,6H2,1-2H3,(H,14,15)(H,16,17). The molecule has 3 N–H and O–H groups in total. The molecule has 0 bridgehead atoms. The van der Waals surface area contributed by atoms with Crippen molar-refractivity contribution in [3.05, 3.63) is 23.7 Å². The fourth-order valence-electron chi connectivity index (χ4n) is 1.39. The summed E-state index contributed by atoms with van der Waals surface area (Å²) in [6.07, 6.45) is 1.58. The largest absolute Gasteiger partial charge is 0.478 e. The van der Waals surface area contributed by atoms with Crippen LogP contribution >= 0.6 is 0 Å². The van der Waals surface area contributed by atoms with Crippen LogP contribution in [-0.4, -0.2) is 29.6 Å². The summed E-state index contributed by atoms with van der Waals surface area (Å²) in [5, 5.41) is 14.5. The van der Waals surface area contributed by atoms with Crippen LogP contribution < -0.4 is 10.6 Å². The predicted molar refractivity (Wildman–Crippen MR) is 65.3 cm³/mol. The van der Waals surface area contributed by atoms with E-state index in [4.69, 9.17) is 9.52 Å². The molecule has 1 aromatic heterocycles. The van der Waals surface area contributed by atoms with Gasteiger partial charge in [-0.05, 0) is 19.9 Å². The summed E-state index contributed by atoms with van der Waals surface area (Å²) in [5.74, 6) is -0.485. The van der Waals surface area contributed by atoms with Crippen molar-refractivity contribution in [2.45, 2.75) is 32.9 Å². The van der Waals surface area contributed by atoms with Gasteiger partial charge in [-0.3, -0.25) is 4.79 Å². The van der Waals surface area contributed by atoms with Gasteiger partial charge in [-0.25, -0.2) is 4.79 Å². The maximum Gasteiger partial charge on any atom is 0.338 e. The zero-order valence-corrected chi connectivity index (χ0v) is 10.5. The van der Waals surface area contributed by atoms with Crippen molar-refractivity contribution in [2.24, 2.45) is 0 Å². The third-order valence-corrected chi connectivity index (χ3v) is 2.18. The minimum atomic E-state index is -1.01. The summed E-state index contributed by atoms with van der Waals surface area (Å²) in [4.78, 5) is 21.9. The van der Waals surface area contributed by atoms with Crippen LogP contribution in [0.25, 0.3) is 0 Å². The van der Waals surface area contributed by atoms with Gasteiger partial charge >= 0.3 is 5.97 Å². The molecular weight excluding hydrogens is 236 g/mol. The Balaban J connectivity index is 2.21. The van der Waals surface area contributed by atoms with E-state index in [1.807, 2.05) is 13.8 Å². The van der Waals surface area contributed by atoms with Crippen LogP contribution in [-0.2, 0) is 11.3 Å². The lowest BCUT2D eigenvalue weighted by Gasteiger charge is -2.08. The molecule has 0 aliphatic carbocycles. The molecule has 1 rings (SSSR count). The zero-order valence-electron chi connectivity index (χ0n) is 10.5. The maximum absolute atomic E-state index is 11.3. The normalized spacial score (nSPS) is 10.6. The predicted octanol–water partition coefficient (Wildman–Crippen LogP) is 0.982. The number of rotatable bonds is 7. The second-order valence-corrected chi connectivity index (χ2v) is 4.26. The van der Waals surface area contributed by atoms with E-state index in [0.29, 0.717) is 25.3 Å². The lowest BCUT2D eigenvalue weighted by molar-refractivity contribution is -0.121. The van der Waals surface area contributed by atoms with Gasteiger partial charge in [0.05, 0.1) is 12.1 Å². The third kappa shape index (κ3) is 5.01. The average Bonchev–Trinajstić information content (AvgIpc) is 2.72. The highest BCUT2D eigenvalue weighted by Crippen LogP contribution is 2.07. The Morgan fingerprint density at radius 2 is 2.17 bits per heavy atom. The number of hydrogen-bond acceptors (Lipinski definition) is 4. The molecule has 0 fully saturated rings. The van der Waals surface area contributed by atoms with Crippen molar-refractivity contribution in [3.63, 3.8) is 0 Å². The minimum absolute atomic E-state index is 0.0110. The molecule has 100 valence electrons. The Kier molecular flexibility index (Phi) is 5.38. The Labute approximate surface area is 105 Å². The molecule has 0 saturated carbocycles. The fourth-order valence-corrected chi connectivity index (χ4v) is 1.39. The first-order valence-electron chi connectivity index (χ1n) is 5.80. The van der Waals surface area contributed by atoms with Gasteiger partial charge in [0.1, 0.15) is 12.0 Å². The molecule has 0 unspecified atom stereocenters. The van der Waals surface area contributed by atoms with E-state index >= 15 is 0 Å². The Bertz CT molecular complexity index is 412. The van der Waals surface area contributed by atoms with Gasteiger partial charge in [0, 0.05) is 19.0 Å². The number of aromatic carboxylic acids is 1. The third-order valence-electron chi connectivity index (χ3n) is 2.18. The summed E-state index contributed by atoms with van der Waals surface area (Å²) in [6.45, 7) is 4.73. The number of carbonyl (C=O) groups excluding carboxylic acids is 1. The number of amides is 1. The summed E-state index contributed by atoms with van der Waals surface area (Å²) in [7, 11) is 0. The Morgan fingerprint density at radius 1 is 1.44 bits per heavy atom. The molecule has 0 aromatic carbocycles. The Hall–Kier alpha value is -1.82. The minimum Gasteiger partial charge on any atom is -0.478 e. The molecule has 6 heteroatoms. The van der Waals surface area contributed by atoms with Gasteiger partial charge in [-0.1, -0.05) is 0 Å². The van der Waals surface area contributed by atoms with Crippen LogP contribution in [0.15, 0.2) is 16.7 Å². The molecule has 0 saturated heterocycles. The van der Waals surface area contributed by atoms with Crippen molar-refractivity contribution >= 4 is 11.9 Å². The van der Waals surface area contributed by atoms with Gasteiger partial charge in [0.15, 0.2) is 0 Å². The van der Waals surface area contributed by atoms with E-state index in [9.17, 15) is 9.59 Å². The molecule has 18 heavy (non-hydrogen) atoms. The topological polar surface area (TPSA) is 91.6 Å². The van der Waals surface area contributed by atoms with Crippen LogP contribution in [0.3, 0.4) is 0 Å².